The van der Waals surface area contributed by atoms with E-state index in [9.17, 15) is 4.39 Å². The van der Waals surface area contributed by atoms with Crippen LogP contribution < -0.4 is 5.32 Å². The topological polar surface area (TPSA) is 21.3 Å². The Morgan fingerprint density at radius 2 is 1.95 bits per heavy atom. The van der Waals surface area contributed by atoms with Gasteiger partial charge in [0.2, 0.25) is 0 Å². The van der Waals surface area contributed by atoms with Gasteiger partial charge < -0.3 is 10.1 Å². The zero-order valence-electron chi connectivity index (χ0n) is 13.1. The van der Waals surface area contributed by atoms with Crippen molar-refractivity contribution in [3.63, 3.8) is 0 Å². The van der Waals surface area contributed by atoms with Crippen LogP contribution in [0.25, 0.3) is 0 Å². The number of ether oxygens (including phenoxy) is 1. The first-order valence-corrected chi connectivity index (χ1v) is 8.40. The maximum absolute atomic E-state index is 13.9. The summed E-state index contributed by atoms with van der Waals surface area (Å²) in [5.41, 5.74) is 0.680. The molecule has 118 valence electrons. The third-order valence-electron chi connectivity index (χ3n) is 3.99. The minimum absolute atomic E-state index is 0.161. The predicted molar refractivity (Wildman–Crippen MR) is 84.9 cm³/mol. The highest BCUT2D eigenvalue weighted by molar-refractivity contribution is 5.20. The molecule has 1 N–H and O–H groups in total. The lowest BCUT2D eigenvalue weighted by Crippen LogP contribution is -2.26. The molecule has 0 aromatic heterocycles. The first kappa shape index (κ1) is 16.4. The molecule has 0 spiro atoms. The van der Waals surface area contributed by atoms with Crippen molar-refractivity contribution in [1.29, 1.82) is 0 Å². The smallest absolute Gasteiger partial charge is 0.129 e. The highest BCUT2D eigenvalue weighted by atomic mass is 19.1. The molecule has 3 heteroatoms. The van der Waals surface area contributed by atoms with Crippen LogP contribution in [0.3, 0.4) is 0 Å². The second-order valence-electron chi connectivity index (χ2n) is 5.98. The van der Waals surface area contributed by atoms with Gasteiger partial charge in [-0.05, 0) is 25.3 Å². The normalized spacial score (nSPS) is 16.1. The summed E-state index contributed by atoms with van der Waals surface area (Å²) in [5, 5.41) is 3.45. The molecule has 1 aliphatic carbocycles. The van der Waals surface area contributed by atoms with Crippen molar-refractivity contribution in [1.82, 2.24) is 5.32 Å². The van der Waals surface area contributed by atoms with Gasteiger partial charge in [-0.25, -0.2) is 4.39 Å². The molecular formula is C18H28FNO. The lowest BCUT2D eigenvalue weighted by molar-refractivity contribution is 0.0472. The van der Waals surface area contributed by atoms with Crippen LogP contribution in [0.4, 0.5) is 4.39 Å². The zero-order chi connectivity index (χ0) is 14.9. The molecule has 1 saturated carbocycles. The Kier molecular flexibility index (Phi) is 7.17. The fourth-order valence-corrected chi connectivity index (χ4v) is 2.49. The number of nitrogens with one attached hydrogen (secondary N) is 1. The van der Waals surface area contributed by atoms with Crippen LogP contribution >= 0.6 is 0 Å². The largest absolute Gasteiger partial charge is 0.372 e. The molecule has 2 nitrogen and oxygen atoms in total. The van der Waals surface area contributed by atoms with E-state index in [1.54, 1.807) is 6.07 Å². The van der Waals surface area contributed by atoms with Crippen molar-refractivity contribution in [2.24, 2.45) is 0 Å². The van der Waals surface area contributed by atoms with E-state index in [0.29, 0.717) is 18.2 Å². The Bertz CT molecular complexity index is 406. The number of hydrogen-bond donors (Lipinski definition) is 1. The molecule has 1 unspecified atom stereocenters. The summed E-state index contributed by atoms with van der Waals surface area (Å²) < 4.78 is 19.9. The van der Waals surface area contributed by atoms with Gasteiger partial charge in [0.15, 0.2) is 0 Å². The van der Waals surface area contributed by atoms with E-state index in [0.717, 1.165) is 13.0 Å². The van der Waals surface area contributed by atoms with Gasteiger partial charge in [0, 0.05) is 24.8 Å². The van der Waals surface area contributed by atoms with E-state index in [1.165, 1.54) is 44.6 Å². The minimum Gasteiger partial charge on any atom is -0.372 e. The summed E-state index contributed by atoms with van der Waals surface area (Å²) in [4.78, 5) is 0. The van der Waals surface area contributed by atoms with Crippen molar-refractivity contribution in [3.8, 4) is 0 Å². The average Bonchev–Trinajstić information content (AvgIpc) is 3.31. The monoisotopic (exact) mass is 293 g/mol. The van der Waals surface area contributed by atoms with E-state index in [2.05, 4.69) is 12.2 Å². The Balaban J connectivity index is 1.79. The van der Waals surface area contributed by atoms with Gasteiger partial charge in [-0.2, -0.15) is 0 Å². The summed E-state index contributed by atoms with van der Waals surface area (Å²) in [6.45, 7) is 3.64. The van der Waals surface area contributed by atoms with Crippen LogP contribution in [-0.4, -0.2) is 19.2 Å². The third kappa shape index (κ3) is 6.15. The molecule has 21 heavy (non-hydrogen) atoms. The van der Waals surface area contributed by atoms with Crippen LogP contribution in [0.2, 0.25) is 0 Å². The molecule has 1 aromatic carbocycles. The first-order valence-electron chi connectivity index (χ1n) is 8.40. The number of rotatable bonds is 11. The Morgan fingerprint density at radius 3 is 2.67 bits per heavy atom. The molecule has 0 aliphatic heterocycles. The molecule has 1 fully saturated rings. The predicted octanol–water partition coefficient (Wildman–Crippen LogP) is 4.61. The van der Waals surface area contributed by atoms with Gasteiger partial charge in [0.1, 0.15) is 5.82 Å². The van der Waals surface area contributed by atoms with E-state index < -0.39 is 0 Å². The number of halogens is 1. The SMILES string of the molecule is CCCCCCCOC(CNC1CC1)c1ccccc1F. The number of hydrogen-bond acceptors (Lipinski definition) is 2. The molecule has 0 bridgehead atoms. The van der Waals surface area contributed by atoms with E-state index >= 15 is 0 Å². The third-order valence-corrected chi connectivity index (χ3v) is 3.99. The molecule has 0 radical (unpaired) electrons. The minimum atomic E-state index is -0.169. The van der Waals surface area contributed by atoms with Crippen molar-refractivity contribution < 1.29 is 9.13 Å². The van der Waals surface area contributed by atoms with Crippen molar-refractivity contribution in [2.75, 3.05) is 13.2 Å². The Morgan fingerprint density at radius 1 is 1.19 bits per heavy atom. The molecular weight excluding hydrogens is 265 g/mol. The molecule has 0 heterocycles. The summed E-state index contributed by atoms with van der Waals surface area (Å²) in [5.74, 6) is -0.161. The quantitative estimate of drug-likeness (QED) is 0.602. The highest BCUT2D eigenvalue weighted by Gasteiger charge is 2.23. The van der Waals surface area contributed by atoms with E-state index in [1.807, 2.05) is 12.1 Å². The lowest BCUT2D eigenvalue weighted by atomic mass is 10.1. The maximum Gasteiger partial charge on any atom is 0.129 e. The fraction of sp³-hybridized carbons (Fsp3) is 0.667. The van der Waals surface area contributed by atoms with Crippen molar-refractivity contribution >= 4 is 0 Å². The highest BCUT2D eigenvalue weighted by Crippen LogP contribution is 2.24. The number of unbranched alkanes of at least 4 members (excludes halogenated alkanes) is 4. The van der Waals surface area contributed by atoms with Crippen LogP contribution in [-0.2, 0) is 4.74 Å². The molecule has 2 rings (SSSR count). The molecule has 1 atom stereocenters. The van der Waals surface area contributed by atoms with Crippen LogP contribution in [0, 0.1) is 5.82 Å². The summed E-state index contributed by atoms with van der Waals surface area (Å²) in [6.07, 6.45) is 8.39. The molecule has 1 aliphatic rings. The summed E-state index contributed by atoms with van der Waals surface area (Å²) >= 11 is 0. The Labute approximate surface area is 128 Å². The molecule has 1 aromatic rings. The summed E-state index contributed by atoms with van der Waals surface area (Å²) in [7, 11) is 0. The van der Waals surface area contributed by atoms with Gasteiger partial charge >= 0.3 is 0 Å². The fourth-order valence-electron chi connectivity index (χ4n) is 2.49. The van der Waals surface area contributed by atoms with E-state index in [-0.39, 0.29) is 11.9 Å². The van der Waals surface area contributed by atoms with Gasteiger partial charge in [-0.15, -0.1) is 0 Å². The van der Waals surface area contributed by atoms with E-state index in [4.69, 9.17) is 4.74 Å². The lowest BCUT2D eigenvalue weighted by Gasteiger charge is -2.19. The van der Waals surface area contributed by atoms with Gasteiger partial charge in [-0.3, -0.25) is 0 Å². The van der Waals surface area contributed by atoms with Crippen molar-refractivity contribution in [3.05, 3.63) is 35.6 Å². The standard InChI is InChI=1S/C18H28FNO/c1-2-3-4-5-8-13-21-18(14-20-15-11-12-15)16-9-6-7-10-17(16)19/h6-7,9-10,15,18,20H,2-5,8,11-14H2,1H3. The van der Waals surface area contributed by atoms with Crippen LogP contribution in [0.5, 0.6) is 0 Å². The number of benzene rings is 1. The van der Waals surface area contributed by atoms with Crippen molar-refractivity contribution in [2.45, 2.75) is 64.0 Å². The summed E-state index contributed by atoms with van der Waals surface area (Å²) in [6, 6.07) is 7.59. The van der Waals surface area contributed by atoms with Crippen LogP contribution in [0.15, 0.2) is 24.3 Å². The maximum atomic E-state index is 13.9. The zero-order valence-corrected chi connectivity index (χ0v) is 13.1. The Hall–Kier alpha value is -0.930. The first-order chi connectivity index (χ1) is 10.3. The van der Waals surface area contributed by atoms with Gasteiger partial charge in [0.05, 0.1) is 6.10 Å². The van der Waals surface area contributed by atoms with Crippen LogP contribution in [0.1, 0.15) is 63.5 Å². The average molecular weight is 293 g/mol. The second kappa shape index (κ2) is 9.16. The molecule has 0 amide bonds. The second-order valence-corrected chi connectivity index (χ2v) is 5.98. The van der Waals surface area contributed by atoms with Gasteiger partial charge in [-0.1, -0.05) is 50.8 Å². The van der Waals surface area contributed by atoms with Gasteiger partial charge in [0.25, 0.3) is 0 Å². The molecule has 0 saturated heterocycles.